The van der Waals surface area contributed by atoms with E-state index in [0.29, 0.717) is 23.7 Å². The number of ether oxygens (including phenoxy) is 1. The fourth-order valence-electron chi connectivity index (χ4n) is 4.91. The highest BCUT2D eigenvalue weighted by Crippen LogP contribution is 2.36. The predicted molar refractivity (Wildman–Crippen MR) is 128 cm³/mol. The van der Waals surface area contributed by atoms with Crippen molar-refractivity contribution in [2.45, 2.75) is 58.3 Å². The van der Waals surface area contributed by atoms with E-state index in [0.717, 1.165) is 24.1 Å². The largest absolute Gasteiger partial charge is 0.491 e. The lowest BCUT2D eigenvalue weighted by Gasteiger charge is -2.27. The van der Waals surface area contributed by atoms with Gasteiger partial charge in [-0.25, -0.2) is 4.39 Å². The molecule has 1 fully saturated rings. The first-order chi connectivity index (χ1) is 15.2. The second-order valence-electron chi connectivity index (χ2n) is 8.75. The summed E-state index contributed by atoms with van der Waals surface area (Å²) in [6.45, 7) is 4.46. The predicted octanol–water partition coefficient (Wildman–Crippen LogP) is 8.01. The maximum atomic E-state index is 14.6. The summed E-state index contributed by atoms with van der Waals surface area (Å²) in [6.07, 6.45) is 11.7. The third kappa shape index (κ3) is 5.18. The quantitative estimate of drug-likeness (QED) is 0.354. The van der Waals surface area contributed by atoms with Crippen LogP contribution < -0.4 is 4.74 Å². The van der Waals surface area contributed by atoms with Crippen LogP contribution in [-0.4, -0.2) is 6.61 Å². The van der Waals surface area contributed by atoms with Gasteiger partial charge in [0.1, 0.15) is 0 Å². The SMILES string of the molecule is C/C=C/C1CCC(c2ccc(CCc3ccc4c(F)c(OCC)ccc4c3)cc2)CC1. The fraction of sp³-hybridized carbons (Fsp3) is 0.379. The van der Waals surface area contributed by atoms with Crippen molar-refractivity contribution in [1.82, 2.24) is 0 Å². The van der Waals surface area contributed by atoms with Gasteiger partial charge < -0.3 is 4.74 Å². The minimum atomic E-state index is -0.263. The normalized spacial score (nSPS) is 19.2. The lowest BCUT2D eigenvalue weighted by atomic mass is 9.78. The van der Waals surface area contributed by atoms with Crippen LogP contribution in [0.25, 0.3) is 10.8 Å². The number of aryl methyl sites for hydroxylation is 2. The molecule has 0 bridgehead atoms. The molecule has 1 saturated carbocycles. The molecular formula is C29H33FO. The Morgan fingerprint density at radius 3 is 2.32 bits per heavy atom. The van der Waals surface area contributed by atoms with Crippen LogP contribution in [0.2, 0.25) is 0 Å². The van der Waals surface area contributed by atoms with Gasteiger partial charge >= 0.3 is 0 Å². The Bertz CT molecular complexity index is 1030. The number of hydrogen-bond donors (Lipinski definition) is 0. The summed E-state index contributed by atoms with van der Waals surface area (Å²) in [5.74, 6) is 1.56. The topological polar surface area (TPSA) is 9.23 Å². The van der Waals surface area contributed by atoms with E-state index < -0.39 is 0 Å². The molecule has 0 saturated heterocycles. The summed E-state index contributed by atoms with van der Waals surface area (Å²) in [5.41, 5.74) is 4.10. The summed E-state index contributed by atoms with van der Waals surface area (Å²) in [5, 5.41) is 1.56. The van der Waals surface area contributed by atoms with Gasteiger partial charge in [0.2, 0.25) is 0 Å². The summed E-state index contributed by atoms with van der Waals surface area (Å²) in [7, 11) is 0. The zero-order valence-corrected chi connectivity index (χ0v) is 18.7. The molecule has 1 aliphatic carbocycles. The summed E-state index contributed by atoms with van der Waals surface area (Å²) in [6, 6.07) is 19.0. The molecule has 31 heavy (non-hydrogen) atoms. The average molecular weight is 417 g/mol. The molecule has 0 atom stereocenters. The fourth-order valence-corrected chi connectivity index (χ4v) is 4.91. The van der Waals surface area contributed by atoms with Crippen molar-refractivity contribution in [3.63, 3.8) is 0 Å². The highest BCUT2D eigenvalue weighted by molar-refractivity contribution is 5.85. The van der Waals surface area contributed by atoms with Crippen LogP contribution in [0.4, 0.5) is 4.39 Å². The lowest BCUT2D eigenvalue weighted by molar-refractivity contribution is 0.323. The van der Waals surface area contributed by atoms with E-state index in [1.54, 1.807) is 6.07 Å². The maximum Gasteiger partial charge on any atom is 0.172 e. The van der Waals surface area contributed by atoms with Crippen molar-refractivity contribution in [3.8, 4) is 5.75 Å². The molecule has 1 aliphatic rings. The number of halogens is 1. The Balaban J connectivity index is 1.37. The zero-order chi connectivity index (χ0) is 21.6. The minimum Gasteiger partial charge on any atom is -0.491 e. The summed E-state index contributed by atoms with van der Waals surface area (Å²) in [4.78, 5) is 0. The maximum absolute atomic E-state index is 14.6. The molecule has 2 heteroatoms. The van der Waals surface area contributed by atoms with Crippen molar-refractivity contribution in [3.05, 3.63) is 89.3 Å². The molecule has 0 heterocycles. The highest BCUT2D eigenvalue weighted by Gasteiger charge is 2.20. The lowest BCUT2D eigenvalue weighted by Crippen LogP contribution is -2.11. The van der Waals surface area contributed by atoms with E-state index in [1.165, 1.54) is 42.4 Å². The van der Waals surface area contributed by atoms with Crippen LogP contribution in [0.3, 0.4) is 0 Å². The molecule has 0 radical (unpaired) electrons. The highest BCUT2D eigenvalue weighted by atomic mass is 19.1. The van der Waals surface area contributed by atoms with Gasteiger partial charge in [0.25, 0.3) is 0 Å². The molecule has 0 N–H and O–H groups in total. The summed E-state index contributed by atoms with van der Waals surface area (Å²) >= 11 is 0. The monoisotopic (exact) mass is 416 g/mol. The minimum absolute atomic E-state index is 0.263. The molecule has 3 aromatic rings. The van der Waals surface area contributed by atoms with Crippen LogP contribution in [-0.2, 0) is 12.8 Å². The van der Waals surface area contributed by atoms with Gasteiger partial charge in [-0.1, -0.05) is 60.7 Å². The van der Waals surface area contributed by atoms with Gasteiger partial charge in [-0.15, -0.1) is 0 Å². The van der Waals surface area contributed by atoms with Gasteiger partial charge in [-0.2, -0.15) is 0 Å². The van der Waals surface area contributed by atoms with Crippen molar-refractivity contribution < 1.29 is 9.13 Å². The van der Waals surface area contributed by atoms with E-state index in [2.05, 4.69) is 49.4 Å². The van der Waals surface area contributed by atoms with E-state index in [1.807, 2.05) is 25.1 Å². The van der Waals surface area contributed by atoms with Gasteiger partial charge in [0, 0.05) is 5.39 Å². The Morgan fingerprint density at radius 2 is 1.61 bits per heavy atom. The number of rotatable bonds is 7. The van der Waals surface area contributed by atoms with Crippen LogP contribution in [0.15, 0.2) is 66.7 Å². The second kappa shape index (κ2) is 10.1. The summed E-state index contributed by atoms with van der Waals surface area (Å²) < 4.78 is 19.9. The molecule has 0 unspecified atom stereocenters. The molecule has 0 aromatic heterocycles. The average Bonchev–Trinajstić information content (AvgIpc) is 2.81. The molecule has 0 spiro atoms. The van der Waals surface area contributed by atoms with Crippen molar-refractivity contribution in [1.29, 1.82) is 0 Å². The zero-order valence-electron chi connectivity index (χ0n) is 18.7. The first-order valence-corrected chi connectivity index (χ1v) is 11.7. The van der Waals surface area contributed by atoms with Gasteiger partial charge in [-0.3, -0.25) is 0 Å². The first-order valence-electron chi connectivity index (χ1n) is 11.7. The number of hydrogen-bond acceptors (Lipinski definition) is 1. The number of allylic oxidation sites excluding steroid dienone is 2. The van der Waals surface area contributed by atoms with Crippen LogP contribution >= 0.6 is 0 Å². The Hall–Kier alpha value is -2.61. The molecule has 0 amide bonds. The Labute approximate surface area is 185 Å². The van der Waals surface area contributed by atoms with Crippen LogP contribution in [0, 0.1) is 11.7 Å². The van der Waals surface area contributed by atoms with E-state index in [9.17, 15) is 4.39 Å². The number of benzene rings is 3. The first kappa shape index (κ1) is 21.6. The molecule has 162 valence electrons. The third-order valence-electron chi connectivity index (χ3n) is 6.67. The van der Waals surface area contributed by atoms with Crippen molar-refractivity contribution in [2.75, 3.05) is 6.61 Å². The molecule has 1 nitrogen and oxygen atoms in total. The van der Waals surface area contributed by atoms with Crippen LogP contribution in [0.5, 0.6) is 5.75 Å². The van der Waals surface area contributed by atoms with Crippen molar-refractivity contribution in [2.24, 2.45) is 5.92 Å². The van der Waals surface area contributed by atoms with E-state index >= 15 is 0 Å². The molecule has 3 aromatic carbocycles. The molecule has 0 aliphatic heterocycles. The number of fused-ring (bicyclic) bond motifs is 1. The van der Waals surface area contributed by atoms with E-state index in [-0.39, 0.29) is 5.82 Å². The Kier molecular flexibility index (Phi) is 7.06. The van der Waals surface area contributed by atoms with E-state index in [4.69, 9.17) is 4.74 Å². The smallest absolute Gasteiger partial charge is 0.172 e. The standard InChI is InChI=1S/C29H33FO/c1-3-5-21-8-13-24(14-9-21)25-15-10-22(11-16-25)6-7-23-12-18-27-26(20-23)17-19-28(29(27)30)31-4-2/h3,5,10-12,15-21,24H,4,6-9,13-14H2,1-2H3/b5-3+. The molecule has 4 rings (SSSR count). The van der Waals surface area contributed by atoms with Crippen LogP contribution in [0.1, 0.15) is 62.1 Å². The third-order valence-corrected chi connectivity index (χ3v) is 6.67. The second-order valence-corrected chi connectivity index (χ2v) is 8.75. The van der Waals surface area contributed by atoms with Gasteiger partial charge in [-0.05, 0) is 92.4 Å². The van der Waals surface area contributed by atoms with Crippen molar-refractivity contribution >= 4 is 10.8 Å². The Morgan fingerprint density at radius 1 is 0.903 bits per heavy atom. The molecular weight excluding hydrogens is 383 g/mol. The van der Waals surface area contributed by atoms with Gasteiger partial charge in [0.05, 0.1) is 6.61 Å². The van der Waals surface area contributed by atoms with Gasteiger partial charge in [0.15, 0.2) is 11.6 Å².